The third-order valence-electron chi connectivity index (χ3n) is 3.80. The summed E-state index contributed by atoms with van der Waals surface area (Å²) in [6.07, 6.45) is 1.14. The third-order valence-corrected chi connectivity index (χ3v) is 3.80. The number of ether oxygens (including phenoxy) is 1. The first-order valence-corrected chi connectivity index (χ1v) is 6.68. The Labute approximate surface area is 111 Å². The minimum atomic E-state index is 0.463. The lowest BCUT2D eigenvalue weighted by atomic mass is 10.0. The zero-order chi connectivity index (χ0) is 12.7. The first-order chi connectivity index (χ1) is 9.42. The molecule has 2 aliphatic heterocycles. The maximum absolute atomic E-state index is 5.80. The quantitative estimate of drug-likeness (QED) is 0.766. The van der Waals surface area contributed by atoms with Gasteiger partial charge in [-0.15, -0.1) is 0 Å². The molecule has 5 nitrogen and oxygen atoms in total. The van der Waals surface area contributed by atoms with Gasteiger partial charge in [0.25, 0.3) is 0 Å². The molecule has 1 aromatic carbocycles. The highest BCUT2D eigenvalue weighted by Gasteiger charge is 2.24. The summed E-state index contributed by atoms with van der Waals surface area (Å²) in [4.78, 5) is 0. The number of aromatic nitrogens is 2. The monoisotopic (exact) mass is 256 g/mol. The topological polar surface area (TPSA) is 62.0 Å². The van der Waals surface area contributed by atoms with Crippen molar-refractivity contribution in [3.05, 3.63) is 29.8 Å². The van der Waals surface area contributed by atoms with Crippen molar-refractivity contribution in [1.82, 2.24) is 15.5 Å². The van der Waals surface area contributed by atoms with Crippen LogP contribution in [0.25, 0.3) is 11.3 Å². The van der Waals surface area contributed by atoms with E-state index in [0.29, 0.717) is 12.6 Å². The van der Waals surface area contributed by atoms with E-state index in [9.17, 15) is 0 Å². The van der Waals surface area contributed by atoms with Crippen molar-refractivity contribution in [2.24, 2.45) is 0 Å². The van der Waals surface area contributed by atoms with E-state index < -0.39 is 0 Å². The number of aromatic amines is 1. The molecule has 4 rings (SSSR count). The number of nitrogens with zero attached hydrogens (tertiary/aromatic N) is 1. The summed E-state index contributed by atoms with van der Waals surface area (Å²) in [7, 11) is 0. The molecule has 0 spiro atoms. The van der Waals surface area contributed by atoms with Crippen LogP contribution in [0.4, 0.5) is 5.82 Å². The normalized spacial score (nSPS) is 20.5. The summed E-state index contributed by atoms with van der Waals surface area (Å²) < 4.78 is 5.80. The van der Waals surface area contributed by atoms with Crippen LogP contribution < -0.4 is 15.4 Å². The highest BCUT2D eigenvalue weighted by molar-refractivity contribution is 5.75. The van der Waals surface area contributed by atoms with Crippen molar-refractivity contribution in [3.63, 3.8) is 0 Å². The Hall–Kier alpha value is -2.01. The van der Waals surface area contributed by atoms with Crippen LogP contribution in [0.5, 0.6) is 5.75 Å². The van der Waals surface area contributed by atoms with Crippen molar-refractivity contribution in [2.75, 3.05) is 18.4 Å². The Bertz CT molecular complexity index is 601. The van der Waals surface area contributed by atoms with E-state index >= 15 is 0 Å². The maximum Gasteiger partial charge on any atom is 0.155 e. The van der Waals surface area contributed by atoms with Gasteiger partial charge < -0.3 is 15.4 Å². The summed E-state index contributed by atoms with van der Waals surface area (Å²) in [5.41, 5.74) is 3.30. The zero-order valence-corrected chi connectivity index (χ0v) is 10.6. The van der Waals surface area contributed by atoms with Crippen LogP contribution in [-0.2, 0) is 6.61 Å². The maximum atomic E-state index is 5.80. The SMILES string of the molecule is c1ccc2c(c1)OCc1c(NC3CCNC3)n[nH]c1-2. The molecule has 0 saturated carbocycles. The van der Waals surface area contributed by atoms with Crippen molar-refractivity contribution < 1.29 is 4.74 Å². The van der Waals surface area contributed by atoms with Crippen LogP contribution in [-0.4, -0.2) is 29.3 Å². The van der Waals surface area contributed by atoms with Crippen molar-refractivity contribution in [1.29, 1.82) is 0 Å². The Morgan fingerprint density at radius 2 is 2.26 bits per heavy atom. The minimum Gasteiger partial charge on any atom is -0.488 e. The van der Waals surface area contributed by atoms with Crippen LogP contribution in [0.3, 0.4) is 0 Å². The molecule has 1 saturated heterocycles. The molecule has 3 N–H and O–H groups in total. The number of H-pyrrole nitrogens is 1. The number of hydrogen-bond acceptors (Lipinski definition) is 4. The van der Waals surface area contributed by atoms with Gasteiger partial charge in [-0.25, -0.2) is 0 Å². The Morgan fingerprint density at radius 3 is 3.16 bits per heavy atom. The van der Waals surface area contributed by atoms with E-state index in [1.165, 1.54) is 0 Å². The average Bonchev–Trinajstić information content (AvgIpc) is 3.09. The largest absolute Gasteiger partial charge is 0.488 e. The van der Waals surface area contributed by atoms with Gasteiger partial charge in [-0.3, -0.25) is 5.10 Å². The van der Waals surface area contributed by atoms with E-state index in [-0.39, 0.29) is 0 Å². The molecular formula is C14H16N4O. The van der Waals surface area contributed by atoms with E-state index in [2.05, 4.69) is 26.9 Å². The zero-order valence-electron chi connectivity index (χ0n) is 10.6. The van der Waals surface area contributed by atoms with Gasteiger partial charge in [0.05, 0.1) is 11.3 Å². The van der Waals surface area contributed by atoms with Gasteiger partial charge in [0.2, 0.25) is 0 Å². The highest BCUT2D eigenvalue weighted by atomic mass is 16.5. The minimum absolute atomic E-state index is 0.463. The van der Waals surface area contributed by atoms with Gasteiger partial charge in [0, 0.05) is 18.2 Å². The van der Waals surface area contributed by atoms with Crippen molar-refractivity contribution in [2.45, 2.75) is 19.1 Å². The van der Waals surface area contributed by atoms with Crippen LogP contribution in [0.15, 0.2) is 24.3 Å². The molecule has 3 heterocycles. The second-order valence-electron chi connectivity index (χ2n) is 5.04. The van der Waals surface area contributed by atoms with E-state index in [4.69, 9.17) is 4.74 Å². The number of hydrogen-bond donors (Lipinski definition) is 3. The Kier molecular flexibility index (Phi) is 2.45. The molecule has 0 radical (unpaired) electrons. The van der Waals surface area contributed by atoms with Gasteiger partial charge in [-0.2, -0.15) is 5.10 Å². The van der Waals surface area contributed by atoms with E-state index in [1.54, 1.807) is 0 Å². The number of fused-ring (bicyclic) bond motifs is 3. The first-order valence-electron chi connectivity index (χ1n) is 6.68. The highest BCUT2D eigenvalue weighted by Crippen LogP contribution is 2.38. The molecule has 0 aliphatic carbocycles. The van der Waals surface area contributed by atoms with E-state index in [0.717, 1.165) is 47.9 Å². The molecule has 1 unspecified atom stereocenters. The summed E-state index contributed by atoms with van der Waals surface area (Å²) >= 11 is 0. The molecule has 5 heteroatoms. The van der Waals surface area contributed by atoms with Gasteiger partial charge >= 0.3 is 0 Å². The molecule has 1 fully saturated rings. The van der Waals surface area contributed by atoms with Crippen molar-refractivity contribution >= 4 is 5.82 Å². The molecule has 19 heavy (non-hydrogen) atoms. The fourth-order valence-electron chi connectivity index (χ4n) is 2.77. The third kappa shape index (κ3) is 1.77. The fraction of sp³-hybridized carbons (Fsp3) is 0.357. The number of nitrogens with one attached hydrogen (secondary N) is 3. The lowest BCUT2D eigenvalue weighted by Crippen LogP contribution is -2.23. The first kappa shape index (κ1) is 10.9. The number of anilines is 1. The predicted molar refractivity (Wildman–Crippen MR) is 73.3 cm³/mol. The van der Waals surface area contributed by atoms with Crippen LogP contribution in [0, 0.1) is 0 Å². The lowest BCUT2D eigenvalue weighted by molar-refractivity contribution is 0.303. The Balaban J connectivity index is 1.69. The fourth-order valence-corrected chi connectivity index (χ4v) is 2.77. The summed E-state index contributed by atoms with van der Waals surface area (Å²) in [5, 5.41) is 14.4. The number of para-hydroxylation sites is 1. The molecule has 2 aliphatic rings. The molecule has 0 bridgehead atoms. The lowest BCUT2D eigenvalue weighted by Gasteiger charge is -2.18. The van der Waals surface area contributed by atoms with Crippen LogP contribution in [0.1, 0.15) is 12.0 Å². The molecule has 0 amide bonds. The molecule has 98 valence electrons. The number of rotatable bonds is 2. The summed E-state index contributed by atoms with van der Waals surface area (Å²) in [6, 6.07) is 8.53. The van der Waals surface area contributed by atoms with Gasteiger partial charge in [0.1, 0.15) is 12.4 Å². The van der Waals surface area contributed by atoms with Gasteiger partial charge in [0.15, 0.2) is 5.82 Å². The average molecular weight is 256 g/mol. The van der Waals surface area contributed by atoms with Crippen molar-refractivity contribution in [3.8, 4) is 17.0 Å². The van der Waals surface area contributed by atoms with E-state index in [1.807, 2.05) is 18.2 Å². The predicted octanol–water partition coefficient (Wildman–Crippen LogP) is 1.74. The summed E-state index contributed by atoms with van der Waals surface area (Å²) in [6.45, 7) is 2.65. The summed E-state index contributed by atoms with van der Waals surface area (Å²) in [5.74, 6) is 1.85. The second kappa shape index (κ2) is 4.28. The molecule has 1 aromatic heterocycles. The smallest absolute Gasteiger partial charge is 0.155 e. The van der Waals surface area contributed by atoms with Crippen LogP contribution in [0.2, 0.25) is 0 Å². The van der Waals surface area contributed by atoms with Gasteiger partial charge in [-0.05, 0) is 25.1 Å². The molecular weight excluding hydrogens is 240 g/mol. The van der Waals surface area contributed by atoms with Crippen LogP contribution >= 0.6 is 0 Å². The molecule has 2 aromatic rings. The van der Waals surface area contributed by atoms with Gasteiger partial charge in [-0.1, -0.05) is 12.1 Å². The standard InChI is InChI=1S/C14H16N4O/c1-2-4-12-10(3-1)13-11(8-19-12)14(18-17-13)16-9-5-6-15-7-9/h1-4,9,15H,5-8H2,(H2,16,17,18). The Morgan fingerprint density at radius 1 is 1.32 bits per heavy atom. The number of benzene rings is 1. The second-order valence-corrected chi connectivity index (χ2v) is 5.04. The molecule has 1 atom stereocenters.